The first-order valence-corrected chi connectivity index (χ1v) is 9.62. The van der Waals surface area contributed by atoms with E-state index in [2.05, 4.69) is 23.1 Å². The summed E-state index contributed by atoms with van der Waals surface area (Å²) in [5.74, 6) is 2.80. The molecule has 2 aliphatic heterocycles. The van der Waals surface area contributed by atoms with Gasteiger partial charge in [-0.2, -0.15) is 0 Å². The van der Waals surface area contributed by atoms with Crippen LogP contribution in [0.4, 0.5) is 0 Å². The van der Waals surface area contributed by atoms with Crippen molar-refractivity contribution < 1.29 is 19.3 Å². The number of ether oxygens (including phenoxy) is 3. The van der Waals surface area contributed by atoms with Crippen molar-refractivity contribution in [3.8, 4) is 17.2 Å². The van der Waals surface area contributed by atoms with E-state index in [9.17, 15) is 5.11 Å². The van der Waals surface area contributed by atoms with Gasteiger partial charge in [0.2, 0.25) is 0 Å². The Labute approximate surface area is 166 Å². The van der Waals surface area contributed by atoms with Crippen LogP contribution in [0.15, 0.2) is 48.5 Å². The quantitative estimate of drug-likeness (QED) is 0.833. The summed E-state index contributed by atoms with van der Waals surface area (Å²) in [6.45, 7) is 3.24. The van der Waals surface area contributed by atoms with Crippen LogP contribution in [0.1, 0.15) is 17.0 Å². The van der Waals surface area contributed by atoms with Crippen LogP contribution in [0.3, 0.4) is 0 Å². The minimum absolute atomic E-state index is 0.127. The summed E-state index contributed by atoms with van der Waals surface area (Å²) in [5.41, 5.74) is 2.08. The second-order valence-corrected chi connectivity index (χ2v) is 7.64. The van der Waals surface area contributed by atoms with Gasteiger partial charge in [-0.3, -0.25) is 4.90 Å². The van der Waals surface area contributed by atoms with Crippen LogP contribution in [0.5, 0.6) is 17.2 Å². The number of benzene rings is 2. The third-order valence-corrected chi connectivity index (χ3v) is 5.93. The Morgan fingerprint density at radius 3 is 2.61 bits per heavy atom. The molecule has 2 atom stereocenters. The molecule has 28 heavy (non-hydrogen) atoms. The Morgan fingerprint density at radius 1 is 1.14 bits per heavy atom. The van der Waals surface area contributed by atoms with Crippen LogP contribution in [0.2, 0.25) is 0 Å². The molecule has 5 heteroatoms. The fourth-order valence-corrected chi connectivity index (χ4v) is 4.32. The average molecular weight is 381 g/mol. The van der Waals surface area contributed by atoms with E-state index in [1.807, 2.05) is 36.4 Å². The fraction of sp³-hybridized carbons (Fsp3) is 0.391. The van der Waals surface area contributed by atoms with Gasteiger partial charge >= 0.3 is 0 Å². The molecule has 5 nitrogen and oxygen atoms in total. The summed E-state index contributed by atoms with van der Waals surface area (Å²) in [7, 11) is 3.33. The number of aliphatic hydroxyl groups is 1. The van der Waals surface area contributed by atoms with Crippen LogP contribution < -0.4 is 14.2 Å². The SMILES string of the molecule is COc1ccc(C=CCN2C[C@@H]3c4ccc(OC)cc4OC[C@]3(CO)C2)cc1. The van der Waals surface area contributed by atoms with Crippen molar-refractivity contribution in [2.45, 2.75) is 5.92 Å². The molecule has 0 unspecified atom stereocenters. The van der Waals surface area contributed by atoms with Gasteiger partial charge < -0.3 is 19.3 Å². The Bertz CT molecular complexity index is 848. The largest absolute Gasteiger partial charge is 0.497 e. The standard InChI is InChI=1S/C23H27NO4/c1-26-18-7-5-17(6-8-18)4-3-11-24-13-21-20-10-9-19(27-2)12-22(20)28-16-23(21,14-24)15-25/h3-10,12,21,25H,11,13-16H2,1-2H3/t21-,23-/m1/s1. The monoisotopic (exact) mass is 381 g/mol. The van der Waals surface area contributed by atoms with Crippen LogP contribution in [-0.2, 0) is 0 Å². The Morgan fingerprint density at radius 2 is 1.89 bits per heavy atom. The molecule has 148 valence electrons. The van der Waals surface area contributed by atoms with Gasteiger partial charge in [-0.05, 0) is 29.3 Å². The maximum absolute atomic E-state index is 10.2. The highest BCUT2D eigenvalue weighted by molar-refractivity contribution is 5.51. The van der Waals surface area contributed by atoms with Crippen LogP contribution >= 0.6 is 0 Å². The number of fused-ring (bicyclic) bond motifs is 3. The molecule has 0 spiro atoms. The number of likely N-dealkylation sites (tertiary alicyclic amines) is 1. The molecule has 2 aromatic rings. The Balaban J connectivity index is 1.47. The van der Waals surface area contributed by atoms with Gasteiger partial charge in [0, 0.05) is 37.0 Å². The Hall–Kier alpha value is -2.50. The van der Waals surface area contributed by atoms with E-state index in [0.29, 0.717) is 6.61 Å². The van der Waals surface area contributed by atoms with E-state index < -0.39 is 0 Å². The molecule has 1 N–H and O–H groups in total. The number of aliphatic hydroxyl groups excluding tert-OH is 1. The maximum Gasteiger partial charge on any atom is 0.126 e. The summed E-state index contributed by atoms with van der Waals surface area (Å²) in [4.78, 5) is 2.39. The third kappa shape index (κ3) is 3.48. The first kappa shape index (κ1) is 18.8. The molecule has 0 saturated carbocycles. The molecule has 0 aromatic heterocycles. The number of hydrogen-bond donors (Lipinski definition) is 1. The fourth-order valence-electron chi connectivity index (χ4n) is 4.32. The molecule has 0 radical (unpaired) electrons. The zero-order valence-electron chi connectivity index (χ0n) is 16.4. The van der Waals surface area contributed by atoms with E-state index in [0.717, 1.165) is 42.4 Å². The van der Waals surface area contributed by atoms with Gasteiger partial charge in [0.05, 0.1) is 27.4 Å². The van der Waals surface area contributed by atoms with Gasteiger partial charge in [0.1, 0.15) is 17.2 Å². The van der Waals surface area contributed by atoms with E-state index in [-0.39, 0.29) is 17.9 Å². The summed E-state index contributed by atoms with van der Waals surface area (Å²) >= 11 is 0. The molecule has 0 aliphatic carbocycles. The number of rotatable bonds is 6. The minimum Gasteiger partial charge on any atom is -0.497 e. The van der Waals surface area contributed by atoms with Gasteiger partial charge in [-0.25, -0.2) is 0 Å². The molecular weight excluding hydrogens is 354 g/mol. The molecule has 1 fully saturated rings. The van der Waals surface area contributed by atoms with Crippen LogP contribution in [0, 0.1) is 5.41 Å². The lowest BCUT2D eigenvalue weighted by molar-refractivity contribution is 0.0467. The molecule has 2 aliphatic rings. The van der Waals surface area contributed by atoms with E-state index in [1.165, 1.54) is 5.56 Å². The lowest BCUT2D eigenvalue weighted by Gasteiger charge is -2.38. The van der Waals surface area contributed by atoms with Crippen molar-refractivity contribution in [3.05, 3.63) is 59.7 Å². The zero-order valence-corrected chi connectivity index (χ0v) is 16.4. The van der Waals surface area contributed by atoms with Crippen molar-refractivity contribution in [1.82, 2.24) is 4.90 Å². The molecule has 2 heterocycles. The van der Waals surface area contributed by atoms with Crippen molar-refractivity contribution in [2.24, 2.45) is 5.41 Å². The van der Waals surface area contributed by atoms with Gasteiger partial charge in [0.25, 0.3) is 0 Å². The highest BCUT2D eigenvalue weighted by Gasteiger charge is 2.50. The van der Waals surface area contributed by atoms with E-state index in [1.54, 1.807) is 14.2 Å². The van der Waals surface area contributed by atoms with E-state index >= 15 is 0 Å². The lowest BCUT2D eigenvalue weighted by Crippen LogP contribution is -2.42. The Kier molecular flexibility index (Phi) is 5.29. The first-order chi connectivity index (χ1) is 13.7. The van der Waals surface area contributed by atoms with Crippen LogP contribution in [0.25, 0.3) is 6.08 Å². The van der Waals surface area contributed by atoms with Crippen LogP contribution in [-0.4, -0.2) is 57.1 Å². The topological polar surface area (TPSA) is 51.2 Å². The zero-order chi connectivity index (χ0) is 19.6. The highest BCUT2D eigenvalue weighted by Crippen LogP contribution is 2.49. The van der Waals surface area contributed by atoms with Gasteiger partial charge in [-0.15, -0.1) is 0 Å². The van der Waals surface area contributed by atoms with Gasteiger partial charge in [-0.1, -0.05) is 30.4 Å². The van der Waals surface area contributed by atoms with Crippen molar-refractivity contribution in [1.29, 1.82) is 0 Å². The molecule has 2 aromatic carbocycles. The summed E-state index contributed by atoms with van der Waals surface area (Å²) in [6, 6.07) is 14.0. The predicted molar refractivity (Wildman–Crippen MR) is 109 cm³/mol. The number of nitrogens with zero attached hydrogens (tertiary/aromatic N) is 1. The normalized spacial score (nSPS) is 23.9. The summed E-state index contributed by atoms with van der Waals surface area (Å²) in [6.07, 6.45) is 4.31. The maximum atomic E-state index is 10.2. The number of methoxy groups -OCH3 is 2. The van der Waals surface area contributed by atoms with Crippen molar-refractivity contribution in [3.63, 3.8) is 0 Å². The second-order valence-electron chi connectivity index (χ2n) is 7.64. The van der Waals surface area contributed by atoms with Crippen molar-refractivity contribution >= 4 is 6.08 Å². The minimum atomic E-state index is -0.241. The summed E-state index contributed by atoms with van der Waals surface area (Å²) < 4.78 is 16.5. The first-order valence-electron chi connectivity index (χ1n) is 9.62. The second kappa shape index (κ2) is 7.86. The predicted octanol–water partition coefficient (Wildman–Crippen LogP) is 3.19. The molecule has 0 bridgehead atoms. The smallest absolute Gasteiger partial charge is 0.126 e. The molecule has 4 rings (SSSR count). The summed E-state index contributed by atoms with van der Waals surface area (Å²) in [5, 5.41) is 10.2. The molecule has 0 amide bonds. The van der Waals surface area contributed by atoms with E-state index in [4.69, 9.17) is 14.2 Å². The number of hydrogen-bond acceptors (Lipinski definition) is 5. The third-order valence-electron chi connectivity index (χ3n) is 5.93. The average Bonchev–Trinajstić information content (AvgIpc) is 3.13. The van der Waals surface area contributed by atoms with Gasteiger partial charge in [0.15, 0.2) is 0 Å². The van der Waals surface area contributed by atoms with Crippen molar-refractivity contribution in [2.75, 3.05) is 47.1 Å². The molecular formula is C23H27NO4. The highest BCUT2D eigenvalue weighted by atomic mass is 16.5. The molecule has 1 saturated heterocycles. The lowest BCUT2D eigenvalue weighted by atomic mass is 9.74.